The standard InChI is InChI=1S/C29H28ClN7O2S/c1-35-12-14-36(15-13-35)23-9-5-7-21(17-23)25-19-33-37-28(31)24(18-32-29(25)37)20-6-4-8-22(16-20)34-40(38,39)27-11-3-2-10-26(27)30/h2-11,16-19,34H,12-15,31H2,1H3. The first-order valence-corrected chi connectivity index (χ1v) is 14.7. The number of likely N-dealkylation sites (N-methyl/N-ethyl adjacent to an activating group) is 1. The molecule has 11 heteroatoms. The molecule has 0 radical (unpaired) electrons. The number of rotatable bonds is 6. The molecule has 0 saturated carbocycles. The molecule has 0 unspecified atom stereocenters. The summed E-state index contributed by atoms with van der Waals surface area (Å²) in [5.41, 5.74) is 12.0. The summed E-state index contributed by atoms with van der Waals surface area (Å²) in [5, 5.41) is 4.69. The molecule has 0 atom stereocenters. The van der Waals surface area contributed by atoms with E-state index in [0.29, 0.717) is 28.3 Å². The maximum Gasteiger partial charge on any atom is 0.263 e. The number of nitrogen functional groups attached to an aromatic ring is 1. The molecule has 0 amide bonds. The number of piperazine rings is 1. The fraction of sp³-hybridized carbons (Fsp3) is 0.172. The molecule has 3 N–H and O–H groups in total. The van der Waals surface area contributed by atoms with Gasteiger partial charge in [-0.25, -0.2) is 13.4 Å². The first kappa shape index (κ1) is 26.1. The molecule has 0 bridgehead atoms. The number of benzene rings is 3. The molecule has 1 fully saturated rings. The van der Waals surface area contributed by atoms with Crippen LogP contribution in [0.1, 0.15) is 0 Å². The van der Waals surface area contributed by atoms with Gasteiger partial charge in [0.05, 0.1) is 11.2 Å². The zero-order chi connectivity index (χ0) is 27.9. The van der Waals surface area contributed by atoms with Gasteiger partial charge in [-0.15, -0.1) is 0 Å². The van der Waals surface area contributed by atoms with E-state index in [-0.39, 0.29) is 9.92 Å². The van der Waals surface area contributed by atoms with Crippen LogP contribution >= 0.6 is 11.6 Å². The lowest BCUT2D eigenvalue weighted by Crippen LogP contribution is -2.44. The minimum atomic E-state index is -3.88. The Balaban J connectivity index is 1.31. The van der Waals surface area contributed by atoms with E-state index in [1.54, 1.807) is 47.2 Å². The first-order chi connectivity index (χ1) is 19.3. The number of fused-ring (bicyclic) bond motifs is 1. The Labute approximate surface area is 237 Å². The van der Waals surface area contributed by atoms with Crippen molar-refractivity contribution in [3.8, 4) is 22.3 Å². The number of nitrogens with one attached hydrogen (secondary N) is 1. The Morgan fingerprint density at radius 2 is 1.60 bits per heavy atom. The van der Waals surface area contributed by atoms with Gasteiger partial charge in [0, 0.05) is 54.9 Å². The maximum atomic E-state index is 12.9. The van der Waals surface area contributed by atoms with Crippen LogP contribution in [0.25, 0.3) is 27.9 Å². The molecule has 204 valence electrons. The van der Waals surface area contributed by atoms with Crippen molar-refractivity contribution in [2.24, 2.45) is 0 Å². The van der Waals surface area contributed by atoms with Crippen molar-refractivity contribution in [2.75, 3.05) is 48.6 Å². The summed E-state index contributed by atoms with van der Waals surface area (Å²) in [6, 6.07) is 21.7. The molecule has 6 rings (SSSR count). The van der Waals surface area contributed by atoms with Crippen LogP contribution in [0.4, 0.5) is 17.2 Å². The van der Waals surface area contributed by atoms with E-state index in [0.717, 1.165) is 37.3 Å². The highest BCUT2D eigenvalue weighted by Gasteiger charge is 2.20. The molecule has 1 aliphatic rings. The minimum Gasteiger partial charge on any atom is -0.383 e. The monoisotopic (exact) mass is 573 g/mol. The number of nitrogens with two attached hydrogens (primary N) is 1. The lowest BCUT2D eigenvalue weighted by Gasteiger charge is -2.34. The van der Waals surface area contributed by atoms with Crippen LogP contribution in [-0.4, -0.2) is 61.1 Å². The number of aromatic nitrogens is 3. The van der Waals surface area contributed by atoms with Crippen molar-refractivity contribution in [1.29, 1.82) is 0 Å². The Hall–Kier alpha value is -4.12. The van der Waals surface area contributed by atoms with Crippen LogP contribution in [0.15, 0.2) is 90.1 Å². The summed E-state index contributed by atoms with van der Waals surface area (Å²) in [4.78, 5) is 9.44. The summed E-state index contributed by atoms with van der Waals surface area (Å²) in [5.74, 6) is 0.401. The Morgan fingerprint density at radius 3 is 2.38 bits per heavy atom. The van der Waals surface area contributed by atoms with Gasteiger partial charge in [0.25, 0.3) is 10.0 Å². The van der Waals surface area contributed by atoms with Gasteiger partial charge in [0.1, 0.15) is 10.7 Å². The van der Waals surface area contributed by atoms with Gasteiger partial charge in [-0.1, -0.05) is 48.0 Å². The number of nitrogens with zero attached hydrogens (tertiary/aromatic N) is 5. The Bertz CT molecular complexity index is 1810. The molecule has 9 nitrogen and oxygen atoms in total. The van der Waals surface area contributed by atoms with E-state index < -0.39 is 10.0 Å². The third kappa shape index (κ3) is 4.97. The number of hydrogen-bond donors (Lipinski definition) is 2. The Morgan fingerprint density at radius 1 is 0.875 bits per heavy atom. The van der Waals surface area contributed by atoms with Crippen LogP contribution < -0.4 is 15.4 Å². The molecule has 5 aromatic rings. The quantitative estimate of drug-likeness (QED) is 0.299. The van der Waals surface area contributed by atoms with Crippen LogP contribution in [0.2, 0.25) is 5.02 Å². The van der Waals surface area contributed by atoms with Gasteiger partial charge >= 0.3 is 0 Å². The fourth-order valence-electron chi connectivity index (χ4n) is 4.93. The highest BCUT2D eigenvalue weighted by Crippen LogP contribution is 2.33. The normalized spacial score (nSPS) is 14.5. The van der Waals surface area contributed by atoms with E-state index in [9.17, 15) is 8.42 Å². The van der Waals surface area contributed by atoms with Gasteiger partial charge in [0.15, 0.2) is 5.65 Å². The average Bonchev–Trinajstić information content (AvgIpc) is 3.39. The SMILES string of the molecule is CN1CCN(c2cccc(-c3cnn4c(N)c(-c5cccc(NS(=O)(=O)c6ccccc6Cl)c5)cnc34)c2)CC1. The van der Waals surface area contributed by atoms with E-state index in [1.165, 1.54) is 17.8 Å². The molecule has 1 aliphatic heterocycles. The Kier molecular flexibility index (Phi) is 6.83. The second kappa shape index (κ2) is 10.5. The van der Waals surface area contributed by atoms with Crippen LogP contribution in [-0.2, 0) is 10.0 Å². The zero-order valence-corrected chi connectivity index (χ0v) is 23.4. The van der Waals surface area contributed by atoms with Gasteiger partial charge in [-0.3, -0.25) is 4.72 Å². The predicted octanol–water partition coefficient (Wildman–Crippen LogP) is 4.85. The first-order valence-electron chi connectivity index (χ1n) is 12.8. The molecule has 2 aromatic heterocycles. The highest BCUT2D eigenvalue weighted by atomic mass is 35.5. The number of hydrogen-bond acceptors (Lipinski definition) is 7. The average molecular weight is 574 g/mol. The summed E-state index contributed by atoms with van der Waals surface area (Å²) in [6.07, 6.45) is 3.47. The van der Waals surface area contributed by atoms with E-state index >= 15 is 0 Å². The third-order valence-electron chi connectivity index (χ3n) is 7.14. The summed E-state index contributed by atoms with van der Waals surface area (Å²) in [7, 11) is -1.74. The van der Waals surface area contributed by atoms with Crippen molar-refractivity contribution < 1.29 is 8.42 Å². The zero-order valence-electron chi connectivity index (χ0n) is 21.8. The van der Waals surface area contributed by atoms with Crippen LogP contribution in [0, 0.1) is 0 Å². The van der Waals surface area contributed by atoms with E-state index in [1.807, 2.05) is 6.07 Å². The van der Waals surface area contributed by atoms with Crippen LogP contribution in [0.3, 0.4) is 0 Å². The van der Waals surface area contributed by atoms with Gasteiger partial charge in [-0.2, -0.15) is 9.61 Å². The lowest BCUT2D eigenvalue weighted by molar-refractivity contribution is 0.313. The molecule has 0 spiro atoms. The number of sulfonamides is 1. The second-order valence-electron chi connectivity index (χ2n) is 9.81. The summed E-state index contributed by atoms with van der Waals surface area (Å²) >= 11 is 6.12. The summed E-state index contributed by atoms with van der Waals surface area (Å²) < 4.78 is 30.1. The second-order valence-corrected chi connectivity index (χ2v) is 11.9. The largest absolute Gasteiger partial charge is 0.383 e. The smallest absolute Gasteiger partial charge is 0.263 e. The fourth-order valence-corrected chi connectivity index (χ4v) is 6.50. The third-order valence-corrected chi connectivity index (χ3v) is 9.02. The molecule has 3 aromatic carbocycles. The minimum absolute atomic E-state index is 0.00503. The van der Waals surface area contributed by atoms with Crippen LogP contribution in [0.5, 0.6) is 0 Å². The van der Waals surface area contributed by atoms with Gasteiger partial charge in [0.2, 0.25) is 0 Å². The predicted molar refractivity (Wildman–Crippen MR) is 160 cm³/mol. The molecule has 3 heterocycles. The van der Waals surface area contributed by atoms with Gasteiger partial charge < -0.3 is 15.5 Å². The van der Waals surface area contributed by atoms with Crippen molar-refractivity contribution in [2.45, 2.75) is 4.90 Å². The number of anilines is 3. The molecular formula is C29H28ClN7O2S. The van der Waals surface area contributed by atoms with Crippen molar-refractivity contribution >= 4 is 44.5 Å². The van der Waals surface area contributed by atoms with E-state index in [4.69, 9.17) is 22.3 Å². The topological polar surface area (TPSA) is 109 Å². The van der Waals surface area contributed by atoms with Gasteiger partial charge in [-0.05, 0) is 54.6 Å². The number of halogens is 1. The molecule has 0 aliphatic carbocycles. The molecular weight excluding hydrogens is 546 g/mol. The van der Waals surface area contributed by atoms with Crippen molar-refractivity contribution in [1.82, 2.24) is 19.5 Å². The van der Waals surface area contributed by atoms with E-state index in [2.05, 4.69) is 50.9 Å². The lowest BCUT2D eigenvalue weighted by atomic mass is 10.1. The maximum absolute atomic E-state index is 12.9. The molecule has 40 heavy (non-hydrogen) atoms. The van der Waals surface area contributed by atoms with Crippen molar-refractivity contribution in [3.63, 3.8) is 0 Å². The van der Waals surface area contributed by atoms with Crippen molar-refractivity contribution in [3.05, 3.63) is 90.2 Å². The summed E-state index contributed by atoms with van der Waals surface area (Å²) in [6.45, 7) is 4.03. The molecule has 1 saturated heterocycles. The highest BCUT2D eigenvalue weighted by molar-refractivity contribution is 7.92.